The molecule has 0 aromatic heterocycles. The van der Waals surface area contributed by atoms with Gasteiger partial charge in [0.15, 0.2) is 5.78 Å². The Labute approximate surface area is 108 Å². The first kappa shape index (κ1) is 15.6. The van der Waals surface area contributed by atoms with E-state index in [0.29, 0.717) is 0 Å². The van der Waals surface area contributed by atoms with Crippen molar-refractivity contribution in [2.24, 2.45) is 5.92 Å². The van der Waals surface area contributed by atoms with Gasteiger partial charge in [0.25, 0.3) is 0 Å². The van der Waals surface area contributed by atoms with Crippen molar-refractivity contribution in [2.75, 3.05) is 5.73 Å². The molecule has 0 radical (unpaired) electrons. The Kier molecular flexibility index (Phi) is 4.04. The highest BCUT2D eigenvalue weighted by Crippen LogP contribution is 2.42. The molecule has 1 rings (SSSR count). The summed E-state index contributed by atoms with van der Waals surface area (Å²) in [5.74, 6) is -6.27. The zero-order valence-electron chi connectivity index (χ0n) is 8.94. The van der Waals surface area contributed by atoms with Crippen molar-refractivity contribution in [1.82, 2.24) is 0 Å². The number of nitrogen functional groups attached to an aromatic ring is 1. The fourth-order valence-corrected chi connectivity index (χ4v) is 1.65. The lowest BCUT2D eigenvalue weighted by Crippen LogP contribution is -2.42. The molecule has 0 spiro atoms. The number of hydrogen-bond donors (Lipinski definition) is 1. The fourth-order valence-electron chi connectivity index (χ4n) is 1.37. The van der Waals surface area contributed by atoms with Crippen LogP contribution in [0.25, 0.3) is 0 Å². The van der Waals surface area contributed by atoms with Crippen molar-refractivity contribution in [2.45, 2.75) is 12.4 Å². The number of benzene rings is 1. The molecule has 0 aliphatic carbocycles. The predicted molar refractivity (Wildman–Crippen MR) is 55.8 cm³/mol. The van der Waals surface area contributed by atoms with E-state index in [2.05, 4.69) is 0 Å². The van der Waals surface area contributed by atoms with Gasteiger partial charge < -0.3 is 5.73 Å². The molecule has 0 heterocycles. The molecule has 0 amide bonds. The summed E-state index contributed by atoms with van der Waals surface area (Å²) in [5, 5.41) is -0.566. The maximum atomic E-state index is 12.4. The lowest BCUT2D eigenvalue weighted by molar-refractivity contribution is -0.264. The smallest absolute Gasteiger partial charge is 0.399 e. The van der Waals surface area contributed by atoms with Crippen molar-refractivity contribution in [3.63, 3.8) is 0 Å². The van der Waals surface area contributed by atoms with Gasteiger partial charge in [0, 0.05) is 11.3 Å². The Hall–Kier alpha value is -1.44. The number of hydrogen-bond acceptors (Lipinski definition) is 2. The molecule has 9 heteroatoms. The number of ketones is 1. The Morgan fingerprint density at radius 1 is 1.11 bits per heavy atom. The highest BCUT2D eigenvalue weighted by Gasteiger charge is 2.61. The van der Waals surface area contributed by atoms with Crippen LogP contribution in [0.15, 0.2) is 18.2 Å². The normalized spacial score (nSPS) is 12.8. The quantitative estimate of drug-likeness (QED) is 0.512. The molecule has 1 aromatic rings. The summed E-state index contributed by atoms with van der Waals surface area (Å²) < 4.78 is 74.1. The maximum absolute atomic E-state index is 12.4. The van der Waals surface area contributed by atoms with Crippen LogP contribution in [-0.2, 0) is 0 Å². The van der Waals surface area contributed by atoms with Gasteiger partial charge in [-0.05, 0) is 18.2 Å². The molecule has 0 aliphatic heterocycles. The second kappa shape index (κ2) is 4.92. The van der Waals surface area contributed by atoms with Crippen molar-refractivity contribution < 1.29 is 31.1 Å². The first-order valence-electron chi connectivity index (χ1n) is 4.67. The molecule has 2 nitrogen and oxygen atoms in total. The van der Waals surface area contributed by atoms with Gasteiger partial charge in [0.05, 0.1) is 5.02 Å². The number of carbonyl (C=O) groups is 1. The Morgan fingerprint density at radius 3 is 1.95 bits per heavy atom. The number of nitrogens with two attached hydrogens (primary N) is 1. The number of halogens is 7. The minimum Gasteiger partial charge on any atom is -0.399 e. The Morgan fingerprint density at radius 2 is 1.58 bits per heavy atom. The van der Waals surface area contributed by atoms with E-state index in [4.69, 9.17) is 17.3 Å². The third-order valence-corrected chi connectivity index (χ3v) is 2.49. The zero-order valence-corrected chi connectivity index (χ0v) is 9.70. The summed E-state index contributed by atoms with van der Waals surface area (Å²) in [4.78, 5) is 11.4. The van der Waals surface area contributed by atoms with Gasteiger partial charge in [-0.15, -0.1) is 0 Å². The fraction of sp³-hybridized carbons (Fsp3) is 0.300. The van der Waals surface area contributed by atoms with E-state index in [1.54, 1.807) is 0 Å². The maximum Gasteiger partial charge on any atom is 0.407 e. The van der Waals surface area contributed by atoms with Crippen molar-refractivity contribution in [3.8, 4) is 0 Å². The van der Waals surface area contributed by atoms with E-state index in [0.717, 1.165) is 18.2 Å². The standard InChI is InChI=1S/C10H6ClF6NO/c11-6-3-4(18)1-2-5(6)7(19)8(9(12,13)14)10(15,16)17/h1-3,8H,18H2. The number of Topliss-reactive ketones (excluding diaryl/α,β-unsaturated/α-hetero) is 1. The summed E-state index contributed by atoms with van der Waals surface area (Å²) in [6, 6.07) is 2.62. The lowest BCUT2D eigenvalue weighted by atomic mass is 9.96. The van der Waals surface area contributed by atoms with Crippen LogP contribution >= 0.6 is 11.6 Å². The molecular weight excluding hydrogens is 300 g/mol. The molecule has 1 aromatic carbocycles. The van der Waals surface area contributed by atoms with Gasteiger partial charge in [-0.25, -0.2) is 0 Å². The first-order chi connectivity index (χ1) is 8.44. The van der Waals surface area contributed by atoms with E-state index >= 15 is 0 Å². The first-order valence-corrected chi connectivity index (χ1v) is 5.05. The predicted octanol–water partition coefficient (Wildman–Crippen LogP) is 3.85. The average Bonchev–Trinajstić information content (AvgIpc) is 2.11. The minimum atomic E-state index is -5.75. The van der Waals surface area contributed by atoms with Crippen LogP contribution in [0.2, 0.25) is 5.02 Å². The van der Waals surface area contributed by atoms with Gasteiger partial charge in [0.2, 0.25) is 5.92 Å². The van der Waals surface area contributed by atoms with E-state index in [9.17, 15) is 31.1 Å². The Bertz CT molecular complexity index is 482. The molecule has 0 bridgehead atoms. The van der Waals surface area contributed by atoms with Crippen LogP contribution in [0, 0.1) is 5.92 Å². The number of anilines is 1. The van der Waals surface area contributed by atoms with E-state index < -0.39 is 34.6 Å². The monoisotopic (exact) mass is 305 g/mol. The molecule has 0 fully saturated rings. The van der Waals surface area contributed by atoms with Crippen molar-refractivity contribution >= 4 is 23.1 Å². The van der Waals surface area contributed by atoms with Crippen LogP contribution in [0.5, 0.6) is 0 Å². The molecule has 19 heavy (non-hydrogen) atoms. The van der Waals surface area contributed by atoms with Crippen LogP contribution in [0.3, 0.4) is 0 Å². The third-order valence-electron chi connectivity index (χ3n) is 2.18. The summed E-state index contributed by atoms with van der Waals surface area (Å²) in [7, 11) is 0. The number of alkyl halides is 6. The van der Waals surface area contributed by atoms with Crippen molar-refractivity contribution in [3.05, 3.63) is 28.8 Å². The molecule has 0 aliphatic rings. The molecule has 2 N–H and O–H groups in total. The van der Waals surface area contributed by atoms with Crippen LogP contribution in [-0.4, -0.2) is 18.1 Å². The molecule has 0 atom stereocenters. The van der Waals surface area contributed by atoms with Crippen LogP contribution in [0.1, 0.15) is 10.4 Å². The largest absolute Gasteiger partial charge is 0.407 e. The van der Waals surface area contributed by atoms with E-state index in [1.165, 1.54) is 0 Å². The third kappa shape index (κ3) is 3.52. The highest BCUT2D eigenvalue weighted by atomic mass is 35.5. The van der Waals surface area contributed by atoms with Crippen molar-refractivity contribution in [1.29, 1.82) is 0 Å². The Balaban J connectivity index is 3.29. The number of carbonyl (C=O) groups excluding carboxylic acids is 1. The minimum absolute atomic E-state index is 0.0112. The van der Waals surface area contributed by atoms with Crippen LogP contribution in [0.4, 0.5) is 32.0 Å². The highest BCUT2D eigenvalue weighted by molar-refractivity contribution is 6.34. The summed E-state index contributed by atoms with van der Waals surface area (Å²) >= 11 is 5.43. The molecule has 106 valence electrons. The zero-order chi connectivity index (χ0) is 15.0. The van der Waals surface area contributed by atoms with Crippen LogP contribution < -0.4 is 5.73 Å². The average molecular weight is 306 g/mol. The SMILES string of the molecule is Nc1ccc(C(=O)C(C(F)(F)F)C(F)(F)F)c(Cl)c1. The second-order valence-electron chi connectivity index (χ2n) is 3.62. The lowest BCUT2D eigenvalue weighted by Gasteiger charge is -2.22. The molecule has 0 saturated carbocycles. The molecule has 0 unspecified atom stereocenters. The van der Waals surface area contributed by atoms with Gasteiger partial charge in [-0.1, -0.05) is 11.6 Å². The van der Waals surface area contributed by atoms with Gasteiger partial charge >= 0.3 is 12.4 Å². The summed E-state index contributed by atoms with van der Waals surface area (Å²) in [6.45, 7) is 0. The molecule has 0 saturated heterocycles. The summed E-state index contributed by atoms with van der Waals surface area (Å²) in [6.07, 6.45) is -11.5. The topological polar surface area (TPSA) is 43.1 Å². The number of rotatable bonds is 2. The molecular formula is C10H6ClF6NO. The van der Waals surface area contributed by atoms with Gasteiger partial charge in [-0.2, -0.15) is 26.3 Å². The van der Waals surface area contributed by atoms with Gasteiger partial charge in [-0.3, -0.25) is 4.79 Å². The summed E-state index contributed by atoms with van der Waals surface area (Å²) in [5.41, 5.74) is 4.37. The van der Waals surface area contributed by atoms with Gasteiger partial charge in [0.1, 0.15) is 0 Å². The van der Waals surface area contributed by atoms with E-state index in [1.807, 2.05) is 0 Å². The van der Waals surface area contributed by atoms with E-state index in [-0.39, 0.29) is 5.69 Å². The second-order valence-corrected chi connectivity index (χ2v) is 4.03.